The molecule has 3 heterocycles. The Morgan fingerprint density at radius 3 is 2.19 bits per heavy atom. The van der Waals surface area contributed by atoms with E-state index in [1.807, 2.05) is 12.3 Å². The fourth-order valence-electron chi connectivity index (χ4n) is 8.39. The summed E-state index contributed by atoms with van der Waals surface area (Å²) in [6.07, 6.45) is 9.73. The minimum atomic E-state index is -0.358. The maximum absolute atomic E-state index is 6.25. The van der Waals surface area contributed by atoms with Crippen LogP contribution in [0, 0.1) is 5.92 Å². The third-order valence-electron chi connectivity index (χ3n) is 12.2. The molecule has 0 radical (unpaired) electrons. The number of anilines is 1. The largest absolute Gasteiger partial charge is 0.498 e. The van der Waals surface area contributed by atoms with Crippen molar-refractivity contribution in [1.82, 2.24) is 9.78 Å². The first-order valence-electron chi connectivity index (χ1n) is 19.3. The molecule has 4 aromatic carbocycles. The van der Waals surface area contributed by atoms with Crippen molar-refractivity contribution in [1.29, 1.82) is 0 Å². The van der Waals surface area contributed by atoms with Gasteiger partial charge in [-0.05, 0) is 124 Å². The van der Waals surface area contributed by atoms with Crippen LogP contribution in [-0.2, 0) is 28.9 Å². The molecule has 52 heavy (non-hydrogen) atoms. The SMILES string of the molecule is CC1(C)OB(c2cnn(CCC3CCN(c4ccc(C5c6ccc(OCc7ccccc7)cc6CCC5c5ccccc5)cc4)CC3)c2)OC1(C)C. The van der Waals surface area contributed by atoms with Gasteiger partial charge in [-0.15, -0.1) is 0 Å². The van der Waals surface area contributed by atoms with Crippen molar-refractivity contribution in [2.75, 3.05) is 18.0 Å². The van der Waals surface area contributed by atoms with Crippen LogP contribution < -0.4 is 15.1 Å². The average Bonchev–Trinajstić information content (AvgIpc) is 3.74. The lowest BCUT2D eigenvalue weighted by Gasteiger charge is -2.36. The number of hydrogen-bond donors (Lipinski definition) is 0. The Bertz CT molecular complexity index is 1920. The molecule has 2 unspecified atom stereocenters. The van der Waals surface area contributed by atoms with Crippen LogP contribution in [0.2, 0.25) is 0 Å². The van der Waals surface area contributed by atoms with E-state index in [4.69, 9.17) is 14.0 Å². The first-order chi connectivity index (χ1) is 25.2. The number of benzene rings is 4. The van der Waals surface area contributed by atoms with Crippen LogP contribution in [0.5, 0.6) is 5.75 Å². The second-order valence-corrected chi connectivity index (χ2v) is 16.1. The molecule has 1 aromatic heterocycles. The van der Waals surface area contributed by atoms with Gasteiger partial charge in [0.05, 0.1) is 11.2 Å². The van der Waals surface area contributed by atoms with Gasteiger partial charge in [0, 0.05) is 49.1 Å². The van der Waals surface area contributed by atoms with E-state index in [0.717, 1.165) is 50.1 Å². The molecule has 2 saturated heterocycles. The Balaban J connectivity index is 0.905. The molecule has 3 aliphatic rings. The predicted octanol–water partition coefficient (Wildman–Crippen LogP) is 8.93. The van der Waals surface area contributed by atoms with Gasteiger partial charge in [0.2, 0.25) is 0 Å². The number of rotatable bonds is 10. The summed E-state index contributed by atoms with van der Waals surface area (Å²) in [5.41, 5.74) is 8.49. The van der Waals surface area contributed by atoms with Crippen LogP contribution in [0.1, 0.15) is 93.0 Å². The summed E-state index contributed by atoms with van der Waals surface area (Å²) in [5.74, 6) is 2.40. The lowest BCUT2D eigenvalue weighted by atomic mass is 9.69. The Kier molecular flexibility index (Phi) is 9.75. The first kappa shape index (κ1) is 34.7. The minimum Gasteiger partial charge on any atom is -0.489 e. The summed E-state index contributed by atoms with van der Waals surface area (Å²) in [7, 11) is -0.358. The van der Waals surface area contributed by atoms with Crippen molar-refractivity contribution in [3.63, 3.8) is 0 Å². The van der Waals surface area contributed by atoms with Crippen LogP contribution in [-0.4, -0.2) is 41.2 Å². The standard InChI is InChI=1S/C45H52BN3O3/c1-44(2)45(3,4)52-46(51-44)38-30-47-49(31-38)28-25-33-23-26-48(27-24-33)39-18-15-36(16-19-39)43-41(35-13-9-6-10-14-35)21-17-37-29-40(20-22-42(37)43)50-32-34-11-7-5-8-12-34/h5-16,18-20,22,29-31,33,41,43H,17,21,23-28,32H2,1-4H3. The summed E-state index contributed by atoms with van der Waals surface area (Å²) >= 11 is 0. The molecule has 5 aromatic rings. The molecule has 0 amide bonds. The molecule has 8 rings (SSSR count). The van der Waals surface area contributed by atoms with Crippen molar-refractivity contribution >= 4 is 18.3 Å². The average molecular weight is 694 g/mol. The molecule has 2 fully saturated rings. The van der Waals surface area contributed by atoms with Gasteiger partial charge in [0.1, 0.15) is 12.4 Å². The Labute approximate surface area is 310 Å². The van der Waals surface area contributed by atoms with E-state index in [0.29, 0.717) is 24.4 Å². The molecule has 0 spiro atoms. The molecule has 0 saturated carbocycles. The second-order valence-electron chi connectivity index (χ2n) is 16.1. The van der Waals surface area contributed by atoms with Gasteiger partial charge in [0.15, 0.2) is 0 Å². The number of piperidine rings is 1. The maximum atomic E-state index is 6.25. The summed E-state index contributed by atoms with van der Waals surface area (Å²) in [5, 5.41) is 4.65. The maximum Gasteiger partial charge on any atom is 0.498 e. The van der Waals surface area contributed by atoms with Crippen LogP contribution in [0.3, 0.4) is 0 Å². The van der Waals surface area contributed by atoms with E-state index in [1.165, 1.54) is 46.3 Å². The van der Waals surface area contributed by atoms with Gasteiger partial charge >= 0.3 is 7.12 Å². The zero-order chi connectivity index (χ0) is 35.7. The molecular formula is C45H52BN3O3. The predicted molar refractivity (Wildman–Crippen MR) is 211 cm³/mol. The minimum absolute atomic E-state index is 0.307. The molecule has 1 aliphatic carbocycles. The Morgan fingerprint density at radius 2 is 1.48 bits per heavy atom. The van der Waals surface area contributed by atoms with Gasteiger partial charge in [0.25, 0.3) is 0 Å². The van der Waals surface area contributed by atoms with Crippen molar-refractivity contribution in [3.8, 4) is 5.75 Å². The quantitative estimate of drug-likeness (QED) is 0.137. The van der Waals surface area contributed by atoms with Crippen molar-refractivity contribution in [2.45, 2.75) is 96.0 Å². The number of aromatic nitrogens is 2. The van der Waals surface area contributed by atoms with Gasteiger partial charge in [-0.2, -0.15) is 5.10 Å². The summed E-state index contributed by atoms with van der Waals surface area (Å²) in [6.45, 7) is 12.1. The number of nitrogens with zero attached hydrogens (tertiary/aromatic N) is 3. The number of aryl methyl sites for hydroxylation is 2. The smallest absolute Gasteiger partial charge is 0.489 e. The summed E-state index contributed by atoms with van der Waals surface area (Å²) in [6, 6.07) is 37.8. The van der Waals surface area contributed by atoms with Crippen LogP contribution in [0.15, 0.2) is 116 Å². The third-order valence-corrected chi connectivity index (χ3v) is 12.2. The van der Waals surface area contributed by atoms with Gasteiger partial charge in [-0.1, -0.05) is 78.9 Å². The molecule has 7 heteroatoms. The van der Waals surface area contributed by atoms with E-state index < -0.39 is 0 Å². The number of fused-ring (bicyclic) bond motifs is 1. The normalized spacial score (nSPS) is 21.2. The topological polar surface area (TPSA) is 48.8 Å². The van der Waals surface area contributed by atoms with Crippen LogP contribution >= 0.6 is 0 Å². The highest BCUT2D eigenvalue weighted by molar-refractivity contribution is 6.62. The van der Waals surface area contributed by atoms with Crippen molar-refractivity contribution in [3.05, 3.63) is 143 Å². The van der Waals surface area contributed by atoms with E-state index in [-0.39, 0.29) is 18.3 Å². The molecule has 2 aliphatic heterocycles. The number of ether oxygens (including phenoxy) is 1. The van der Waals surface area contributed by atoms with Crippen molar-refractivity contribution in [2.24, 2.45) is 5.92 Å². The number of hydrogen-bond acceptors (Lipinski definition) is 5. The molecule has 6 nitrogen and oxygen atoms in total. The molecular weight excluding hydrogens is 641 g/mol. The van der Waals surface area contributed by atoms with E-state index >= 15 is 0 Å². The molecule has 2 atom stereocenters. The fourth-order valence-corrected chi connectivity index (χ4v) is 8.39. The lowest BCUT2D eigenvalue weighted by molar-refractivity contribution is 0.00578. The van der Waals surface area contributed by atoms with E-state index in [2.05, 4.69) is 146 Å². The first-order valence-corrected chi connectivity index (χ1v) is 19.3. The summed E-state index contributed by atoms with van der Waals surface area (Å²) in [4.78, 5) is 2.57. The van der Waals surface area contributed by atoms with Crippen LogP contribution in [0.4, 0.5) is 5.69 Å². The van der Waals surface area contributed by atoms with Gasteiger partial charge in [-0.3, -0.25) is 4.68 Å². The van der Waals surface area contributed by atoms with Gasteiger partial charge in [-0.25, -0.2) is 0 Å². The van der Waals surface area contributed by atoms with Crippen LogP contribution in [0.25, 0.3) is 0 Å². The zero-order valence-corrected chi connectivity index (χ0v) is 31.2. The monoisotopic (exact) mass is 693 g/mol. The third kappa shape index (κ3) is 7.31. The van der Waals surface area contributed by atoms with E-state index in [1.54, 1.807) is 0 Å². The molecule has 0 bridgehead atoms. The van der Waals surface area contributed by atoms with Crippen molar-refractivity contribution < 1.29 is 14.0 Å². The Hall–Kier alpha value is -4.33. The van der Waals surface area contributed by atoms with E-state index in [9.17, 15) is 0 Å². The highest BCUT2D eigenvalue weighted by Crippen LogP contribution is 2.47. The molecule has 0 N–H and O–H groups in total. The van der Waals surface area contributed by atoms with Gasteiger partial charge < -0.3 is 18.9 Å². The lowest BCUT2D eigenvalue weighted by Crippen LogP contribution is -2.41. The zero-order valence-electron chi connectivity index (χ0n) is 31.2. The fraction of sp³-hybridized carbons (Fsp3) is 0.400. The summed E-state index contributed by atoms with van der Waals surface area (Å²) < 4.78 is 20.8. The Morgan fingerprint density at radius 1 is 0.788 bits per heavy atom. The second kappa shape index (κ2) is 14.6. The molecule has 268 valence electrons. The highest BCUT2D eigenvalue weighted by atomic mass is 16.7. The highest BCUT2D eigenvalue weighted by Gasteiger charge is 2.52.